The first-order chi connectivity index (χ1) is 14.2. The third-order valence-electron chi connectivity index (χ3n) is 6.73. The fourth-order valence-electron chi connectivity index (χ4n) is 5.18. The van der Waals surface area contributed by atoms with Gasteiger partial charge in [-0.15, -0.1) is 0 Å². The molecule has 1 aliphatic heterocycles. The second-order valence-corrected chi connectivity index (χ2v) is 8.50. The zero-order valence-corrected chi connectivity index (χ0v) is 17.1. The van der Waals surface area contributed by atoms with E-state index in [0.717, 1.165) is 67.7 Å². The lowest BCUT2D eigenvalue weighted by molar-refractivity contribution is 0.238. The minimum Gasteiger partial charge on any atom is -0.338 e. The highest BCUT2D eigenvalue weighted by atomic mass is 16.1. The molecule has 152 valence electrons. The number of aryl methyl sites for hydroxylation is 1. The Morgan fingerprint density at radius 3 is 2.72 bits per heavy atom. The van der Waals surface area contributed by atoms with Crippen molar-refractivity contribution < 1.29 is 0 Å². The molecular weight excluding hydrogens is 362 g/mol. The molecule has 1 unspecified atom stereocenters. The third kappa shape index (κ3) is 3.39. The van der Waals surface area contributed by atoms with Crippen molar-refractivity contribution in [1.82, 2.24) is 24.0 Å². The van der Waals surface area contributed by atoms with Crippen LogP contribution in [0.5, 0.6) is 0 Å². The van der Waals surface area contributed by atoms with E-state index in [1.54, 1.807) is 0 Å². The SMILES string of the molecule is Cn1ccnc1CCN1CCCC1c1nc2ccccc2c(=O)n1C1CCCC1. The van der Waals surface area contributed by atoms with Crippen molar-refractivity contribution in [2.45, 2.75) is 57.0 Å². The van der Waals surface area contributed by atoms with Crippen LogP contribution in [0.15, 0.2) is 41.5 Å². The van der Waals surface area contributed by atoms with Crippen molar-refractivity contribution in [2.75, 3.05) is 13.1 Å². The van der Waals surface area contributed by atoms with E-state index < -0.39 is 0 Å². The number of imidazole rings is 1. The molecule has 6 heteroatoms. The zero-order chi connectivity index (χ0) is 19.8. The Balaban J connectivity index is 1.53. The van der Waals surface area contributed by atoms with Gasteiger partial charge in [-0.05, 0) is 44.4 Å². The normalized spacial score (nSPS) is 20.8. The third-order valence-corrected chi connectivity index (χ3v) is 6.73. The maximum Gasteiger partial charge on any atom is 0.261 e. The van der Waals surface area contributed by atoms with Gasteiger partial charge in [0.15, 0.2) is 0 Å². The van der Waals surface area contributed by atoms with Crippen LogP contribution < -0.4 is 5.56 Å². The first kappa shape index (κ1) is 18.6. The summed E-state index contributed by atoms with van der Waals surface area (Å²) in [6, 6.07) is 8.34. The average Bonchev–Trinajstić information content (AvgIpc) is 3.48. The molecule has 1 atom stereocenters. The fourth-order valence-corrected chi connectivity index (χ4v) is 5.18. The second-order valence-electron chi connectivity index (χ2n) is 8.50. The van der Waals surface area contributed by atoms with Crippen LogP contribution in [0.3, 0.4) is 0 Å². The fraction of sp³-hybridized carbons (Fsp3) is 0.522. The van der Waals surface area contributed by atoms with E-state index in [1.807, 2.05) is 43.7 Å². The van der Waals surface area contributed by atoms with Crippen LogP contribution >= 0.6 is 0 Å². The van der Waals surface area contributed by atoms with Gasteiger partial charge in [0.1, 0.15) is 11.6 Å². The van der Waals surface area contributed by atoms with E-state index in [9.17, 15) is 4.79 Å². The van der Waals surface area contributed by atoms with Gasteiger partial charge in [0.05, 0.1) is 16.9 Å². The Hall–Kier alpha value is -2.47. The second kappa shape index (κ2) is 7.75. The summed E-state index contributed by atoms with van der Waals surface area (Å²) in [5.74, 6) is 2.09. The van der Waals surface area contributed by atoms with Gasteiger partial charge in [-0.2, -0.15) is 0 Å². The van der Waals surface area contributed by atoms with Gasteiger partial charge in [0, 0.05) is 38.4 Å². The predicted octanol–water partition coefficient (Wildman–Crippen LogP) is 3.62. The average molecular weight is 392 g/mol. The van der Waals surface area contributed by atoms with E-state index in [1.165, 1.54) is 12.8 Å². The lowest BCUT2D eigenvalue weighted by atomic mass is 10.1. The van der Waals surface area contributed by atoms with Gasteiger partial charge < -0.3 is 4.57 Å². The number of hydrogen-bond donors (Lipinski definition) is 0. The number of nitrogens with zero attached hydrogens (tertiary/aromatic N) is 5. The maximum absolute atomic E-state index is 13.5. The number of benzene rings is 1. The highest BCUT2D eigenvalue weighted by Gasteiger charge is 2.32. The molecule has 3 aromatic rings. The van der Waals surface area contributed by atoms with Crippen molar-refractivity contribution in [2.24, 2.45) is 7.05 Å². The number of rotatable bonds is 5. The van der Waals surface area contributed by atoms with E-state index in [0.29, 0.717) is 6.04 Å². The largest absolute Gasteiger partial charge is 0.338 e. The summed E-state index contributed by atoms with van der Waals surface area (Å²) in [5.41, 5.74) is 0.978. The molecule has 5 rings (SSSR count). The molecule has 0 radical (unpaired) electrons. The Morgan fingerprint density at radius 1 is 1.10 bits per heavy atom. The number of hydrogen-bond acceptors (Lipinski definition) is 4. The molecule has 2 fully saturated rings. The Labute approximate surface area is 171 Å². The summed E-state index contributed by atoms with van der Waals surface area (Å²) in [7, 11) is 2.05. The molecule has 0 N–H and O–H groups in total. The molecule has 0 spiro atoms. The monoisotopic (exact) mass is 391 g/mol. The van der Waals surface area contributed by atoms with Gasteiger partial charge >= 0.3 is 0 Å². The van der Waals surface area contributed by atoms with Crippen LogP contribution in [0.1, 0.15) is 62.3 Å². The van der Waals surface area contributed by atoms with Crippen molar-refractivity contribution >= 4 is 10.9 Å². The molecule has 2 aromatic heterocycles. The van der Waals surface area contributed by atoms with E-state index >= 15 is 0 Å². The molecule has 3 heterocycles. The van der Waals surface area contributed by atoms with Gasteiger partial charge in [-0.3, -0.25) is 14.3 Å². The number of aromatic nitrogens is 4. The van der Waals surface area contributed by atoms with Crippen molar-refractivity contribution in [3.05, 3.63) is 58.7 Å². The maximum atomic E-state index is 13.5. The highest BCUT2D eigenvalue weighted by molar-refractivity contribution is 5.77. The number of para-hydroxylation sites is 1. The van der Waals surface area contributed by atoms with Crippen LogP contribution in [0.4, 0.5) is 0 Å². The summed E-state index contributed by atoms with van der Waals surface area (Å²) in [4.78, 5) is 25.5. The standard InChI is InChI=1S/C23H29N5O/c1-26-16-13-24-21(26)12-15-27-14-6-11-20(27)22-25-19-10-5-4-9-18(19)23(29)28(22)17-7-2-3-8-17/h4-5,9-10,13,16-17,20H,2-3,6-8,11-12,14-15H2,1H3. The smallest absolute Gasteiger partial charge is 0.261 e. The predicted molar refractivity (Wildman–Crippen MR) is 114 cm³/mol. The van der Waals surface area contributed by atoms with Crippen molar-refractivity contribution in [1.29, 1.82) is 0 Å². The van der Waals surface area contributed by atoms with Crippen LogP contribution in [0.2, 0.25) is 0 Å². The van der Waals surface area contributed by atoms with Crippen molar-refractivity contribution in [3.8, 4) is 0 Å². The minimum atomic E-state index is 0.147. The lowest BCUT2D eigenvalue weighted by Crippen LogP contribution is -2.34. The summed E-state index contributed by atoms with van der Waals surface area (Å²) >= 11 is 0. The Morgan fingerprint density at radius 2 is 1.93 bits per heavy atom. The lowest BCUT2D eigenvalue weighted by Gasteiger charge is -2.28. The van der Waals surface area contributed by atoms with Crippen LogP contribution in [-0.4, -0.2) is 37.1 Å². The molecule has 0 bridgehead atoms. The number of likely N-dealkylation sites (tertiary alicyclic amines) is 1. The molecular formula is C23H29N5O. The van der Waals surface area contributed by atoms with Gasteiger partial charge in [0.25, 0.3) is 5.56 Å². The summed E-state index contributed by atoms with van der Waals surface area (Å²) in [6.45, 7) is 2.01. The highest BCUT2D eigenvalue weighted by Crippen LogP contribution is 2.36. The molecule has 0 amide bonds. The van der Waals surface area contributed by atoms with Crippen LogP contribution in [0, 0.1) is 0 Å². The molecule has 1 saturated heterocycles. The Bertz CT molecular complexity index is 1060. The van der Waals surface area contributed by atoms with Crippen LogP contribution in [-0.2, 0) is 13.5 Å². The van der Waals surface area contributed by atoms with Gasteiger partial charge in [0.2, 0.25) is 0 Å². The molecule has 1 aliphatic carbocycles. The summed E-state index contributed by atoms with van der Waals surface area (Å²) in [5, 5.41) is 0.751. The quantitative estimate of drug-likeness (QED) is 0.667. The van der Waals surface area contributed by atoms with Crippen LogP contribution in [0.25, 0.3) is 10.9 Å². The Kier molecular flexibility index (Phi) is 4.96. The van der Waals surface area contributed by atoms with Gasteiger partial charge in [-0.25, -0.2) is 9.97 Å². The first-order valence-electron chi connectivity index (χ1n) is 10.9. The van der Waals surface area contributed by atoms with E-state index in [4.69, 9.17) is 4.98 Å². The molecule has 2 aliphatic rings. The van der Waals surface area contributed by atoms with E-state index in [-0.39, 0.29) is 11.6 Å². The minimum absolute atomic E-state index is 0.147. The topological polar surface area (TPSA) is 56.0 Å². The molecule has 1 saturated carbocycles. The first-order valence-corrected chi connectivity index (χ1v) is 10.9. The summed E-state index contributed by atoms with van der Waals surface area (Å²) in [6.07, 6.45) is 11.6. The number of fused-ring (bicyclic) bond motifs is 1. The molecule has 6 nitrogen and oxygen atoms in total. The molecule has 29 heavy (non-hydrogen) atoms. The van der Waals surface area contributed by atoms with E-state index in [2.05, 4.69) is 19.0 Å². The molecule has 1 aromatic carbocycles. The zero-order valence-electron chi connectivity index (χ0n) is 17.1. The van der Waals surface area contributed by atoms with Crippen molar-refractivity contribution in [3.63, 3.8) is 0 Å². The summed E-state index contributed by atoms with van der Waals surface area (Å²) < 4.78 is 4.16. The van der Waals surface area contributed by atoms with Gasteiger partial charge in [-0.1, -0.05) is 25.0 Å².